The molecule has 0 bridgehead atoms. The maximum atomic E-state index is 13.2. The molecule has 2 aromatic carbocycles. The first kappa shape index (κ1) is 20.6. The van der Waals surface area contributed by atoms with Gasteiger partial charge in [0.1, 0.15) is 11.9 Å². The lowest BCUT2D eigenvalue weighted by Gasteiger charge is -2.23. The number of thiazole rings is 1. The van der Waals surface area contributed by atoms with Gasteiger partial charge in [0.2, 0.25) is 15.9 Å². The summed E-state index contributed by atoms with van der Waals surface area (Å²) < 4.78 is 40.2. The zero-order valence-electron chi connectivity index (χ0n) is 16.0. The third-order valence-corrected chi connectivity index (χ3v) is 7.77. The molecule has 2 heterocycles. The van der Waals surface area contributed by atoms with E-state index in [0.29, 0.717) is 24.4 Å². The Morgan fingerprint density at radius 1 is 1.17 bits per heavy atom. The van der Waals surface area contributed by atoms with Crippen LogP contribution in [0.2, 0.25) is 0 Å². The van der Waals surface area contributed by atoms with Crippen LogP contribution in [-0.2, 0) is 21.2 Å². The van der Waals surface area contributed by atoms with Crippen molar-refractivity contribution in [3.63, 3.8) is 0 Å². The molecule has 1 N–H and O–H groups in total. The van der Waals surface area contributed by atoms with Crippen LogP contribution in [0.3, 0.4) is 0 Å². The van der Waals surface area contributed by atoms with Crippen molar-refractivity contribution < 1.29 is 17.6 Å². The Morgan fingerprint density at radius 3 is 2.63 bits per heavy atom. The molecular formula is C21H20FN3O3S2. The molecule has 4 rings (SSSR count). The van der Waals surface area contributed by atoms with Gasteiger partial charge in [0.15, 0.2) is 5.13 Å². The van der Waals surface area contributed by atoms with E-state index in [0.717, 1.165) is 22.6 Å². The molecule has 1 atom stereocenters. The topological polar surface area (TPSA) is 79.4 Å². The minimum absolute atomic E-state index is 0.0250. The highest BCUT2D eigenvalue weighted by molar-refractivity contribution is 7.89. The molecule has 0 spiro atoms. The number of carbonyl (C=O) groups excluding carboxylic acids is 1. The van der Waals surface area contributed by atoms with E-state index >= 15 is 0 Å². The quantitative estimate of drug-likeness (QED) is 0.628. The van der Waals surface area contributed by atoms with Crippen LogP contribution >= 0.6 is 11.3 Å². The molecule has 9 heteroatoms. The molecule has 156 valence electrons. The van der Waals surface area contributed by atoms with Crippen molar-refractivity contribution in [2.24, 2.45) is 0 Å². The van der Waals surface area contributed by atoms with E-state index in [-0.39, 0.29) is 11.4 Å². The Hall–Kier alpha value is -2.62. The zero-order chi connectivity index (χ0) is 21.1. The van der Waals surface area contributed by atoms with Crippen LogP contribution in [0, 0.1) is 5.82 Å². The number of anilines is 1. The maximum absolute atomic E-state index is 13.2. The molecule has 1 amide bonds. The number of sulfonamides is 1. The molecular weight excluding hydrogens is 425 g/mol. The summed E-state index contributed by atoms with van der Waals surface area (Å²) in [6.07, 6.45) is 3.43. The lowest BCUT2D eigenvalue weighted by molar-refractivity contribution is -0.119. The van der Waals surface area contributed by atoms with Crippen molar-refractivity contribution in [1.29, 1.82) is 0 Å². The molecule has 1 fully saturated rings. The first-order chi connectivity index (χ1) is 14.4. The molecule has 0 aliphatic carbocycles. The SMILES string of the molecule is O=C(Nc1ncc(Cc2ccccc2)s1)C1CCCN1S(=O)(=O)c1ccc(F)cc1. The molecule has 1 aromatic heterocycles. The van der Waals surface area contributed by atoms with Gasteiger partial charge in [0, 0.05) is 24.0 Å². The number of hydrogen-bond acceptors (Lipinski definition) is 5. The average Bonchev–Trinajstić information content (AvgIpc) is 3.39. The molecule has 30 heavy (non-hydrogen) atoms. The smallest absolute Gasteiger partial charge is 0.244 e. The van der Waals surface area contributed by atoms with Crippen molar-refractivity contribution in [3.8, 4) is 0 Å². The predicted molar refractivity (Wildman–Crippen MR) is 113 cm³/mol. The van der Waals surface area contributed by atoms with Gasteiger partial charge in [-0.1, -0.05) is 30.3 Å². The molecule has 1 aliphatic heterocycles. The maximum Gasteiger partial charge on any atom is 0.244 e. The number of hydrogen-bond donors (Lipinski definition) is 1. The van der Waals surface area contributed by atoms with Crippen LogP contribution < -0.4 is 5.32 Å². The lowest BCUT2D eigenvalue weighted by atomic mass is 10.1. The highest BCUT2D eigenvalue weighted by Gasteiger charge is 2.39. The van der Waals surface area contributed by atoms with Gasteiger partial charge in [0.25, 0.3) is 0 Å². The van der Waals surface area contributed by atoms with Gasteiger partial charge in [-0.25, -0.2) is 17.8 Å². The van der Waals surface area contributed by atoms with E-state index in [1.165, 1.54) is 27.8 Å². The van der Waals surface area contributed by atoms with E-state index in [1.807, 2.05) is 30.3 Å². The van der Waals surface area contributed by atoms with Gasteiger partial charge in [0.05, 0.1) is 4.90 Å². The summed E-state index contributed by atoms with van der Waals surface area (Å²) in [4.78, 5) is 18.0. The van der Waals surface area contributed by atoms with Crippen molar-refractivity contribution >= 4 is 32.4 Å². The number of carbonyl (C=O) groups is 1. The third kappa shape index (κ3) is 4.43. The minimum Gasteiger partial charge on any atom is -0.301 e. The van der Waals surface area contributed by atoms with E-state index in [9.17, 15) is 17.6 Å². The number of nitrogens with one attached hydrogen (secondary N) is 1. The van der Waals surface area contributed by atoms with E-state index in [2.05, 4.69) is 10.3 Å². The molecule has 1 aliphatic rings. The van der Waals surface area contributed by atoms with Crippen LogP contribution in [0.1, 0.15) is 23.3 Å². The summed E-state index contributed by atoms with van der Waals surface area (Å²) in [5.74, 6) is -0.918. The summed E-state index contributed by atoms with van der Waals surface area (Å²) in [5.41, 5.74) is 1.14. The Balaban J connectivity index is 1.46. The van der Waals surface area contributed by atoms with Gasteiger partial charge in [-0.05, 0) is 42.7 Å². The monoisotopic (exact) mass is 445 g/mol. The minimum atomic E-state index is -3.89. The molecule has 6 nitrogen and oxygen atoms in total. The van der Waals surface area contributed by atoms with Gasteiger partial charge >= 0.3 is 0 Å². The molecule has 1 saturated heterocycles. The molecule has 0 radical (unpaired) electrons. The second kappa shape index (κ2) is 8.63. The zero-order valence-corrected chi connectivity index (χ0v) is 17.6. The standard InChI is InChI=1S/C21H20FN3O3S2/c22-16-8-10-18(11-9-16)30(27,28)25-12-4-7-19(25)20(26)24-21-23-14-17(29-21)13-15-5-2-1-3-6-15/h1-3,5-6,8-11,14,19H,4,7,12-13H2,(H,23,24,26). The second-order valence-corrected chi connectivity index (χ2v) is 10.0. The van der Waals surface area contributed by atoms with Crippen molar-refractivity contribution in [1.82, 2.24) is 9.29 Å². The number of nitrogens with zero attached hydrogens (tertiary/aromatic N) is 2. The number of benzene rings is 2. The summed E-state index contributed by atoms with van der Waals surface area (Å²) in [6.45, 7) is 0.245. The number of aromatic nitrogens is 1. The highest BCUT2D eigenvalue weighted by atomic mass is 32.2. The van der Waals surface area contributed by atoms with Gasteiger partial charge in [-0.15, -0.1) is 11.3 Å². The van der Waals surface area contributed by atoms with E-state index < -0.39 is 27.8 Å². The fourth-order valence-electron chi connectivity index (χ4n) is 3.46. The first-order valence-electron chi connectivity index (χ1n) is 9.50. The largest absolute Gasteiger partial charge is 0.301 e. The summed E-state index contributed by atoms with van der Waals surface area (Å²) in [7, 11) is -3.89. The van der Waals surface area contributed by atoms with Gasteiger partial charge < -0.3 is 5.32 Å². The van der Waals surface area contributed by atoms with Gasteiger partial charge in [-0.2, -0.15) is 4.31 Å². The number of halogens is 1. The van der Waals surface area contributed by atoms with Crippen molar-refractivity contribution in [3.05, 3.63) is 77.1 Å². The van der Waals surface area contributed by atoms with Crippen LogP contribution in [0.4, 0.5) is 9.52 Å². The Bertz CT molecular complexity index is 1130. The fraction of sp³-hybridized carbons (Fsp3) is 0.238. The van der Waals surface area contributed by atoms with Crippen LogP contribution in [0.15, 0.2) is 65.7 Å². The molecule has 0 saturated carbocycles. The lowest BCUT2D eigenvalue weighted by Crippen LogP contribution is -2.43. The van der Waals surface area contributed by atoms with E-state index in [1.54, 1.807) is 6.20 Å². The predicted octanol–water partition coefficient (Wildman–Crippen LogP) is 3.66. The first-order valence-corrected chi connectivity index (χ1v) is 11.8. The van der Waals surface area contributed by atoms with Gasteiger partial charge in [-0.3, -0.25) is 4.79 Å². The highest BCUT2D eigenvalue weighted by Crippen LogP contribution is 2.28. The van der Waals surface area contributed by atoms with Crippen LogP contribution in [0.5, 0.6) is 0 Å². The summed E-state index contributed by atoms with van der Waals surface area (Å²) >= 11 is 1.37. The average molecular weight is 446 g/mol. The van der Waals surface area contributed by atoms with Crippen LogP contribution in [-0.4, -0.2) is 36.2 Å². The number of amides is 1. The molecule has 3 aromatic rings. The Kier molecular flexibility index (Phi) is 5.94. The van der Waals surface area contributed by atoms with Crippen molar-refractivity contribution in [2.45, 2.75) is 30.2 Å². The van der Waals surface area contributed by atoms with Crippen LogP contribution in [0.25, 0.3) is 0 Å². The summed E-state index contributed by atoms with van der Waals surface area (Å²) in [6, 6.07) is 13.7. The second-order valence-electron chi connectivity index (χ2n) is 7.01. The summed E-state index contributed by atoms with van der Waals surface area (Å²) in [5, 5.41) is 3.20. The Morgan fingerprint density at radius 2 is 1.90 bits per heavy atom. The third-order valence-electron chi connectivity index (χ3n) is 4.93. The Labute approximate surface area is 178 Å². The number of rotatable bonds is 6. The molecule has 1 unspecified atom stereocenters. The fourth-order valence-corrected chi connectivity index (χ4v) is 5.97. The normalized spacial score (nSPS) is 17.2. The van der Waals surface area contributed by atoms with E-state index in [4.69, 9.17) is 0 Å². The van der Waals surface area contributed by atoms with Crippen molar-refractivity contribution in [2.75, 3.05) is 11.9 Å².